The number of fused-ring (bicyclic) bond motifs is 1. The molecule has 31 heavy (non-hydrogen) atoms. The van der Waals surface area contributed by atoms with Crippen molar-refractivity contribution in [2.24, 2.45) is 0 Å². The molecule has 0 saturated carbocycles. The molecule has 3 amide bonds. The van der Waals surface area contributed by atoms with Gasteiger partial charge in [-0.1, -0.05) is 29.3 Å². The molecular formula is C17H8Cl2F3N5O4. The first-order chi connectivity index (χ1) is 14.5. The number of imide groups is 1. The molecule has 160 valence electrons. The van der Waals surface area contributed by atoms with Crippen molar-refractivity contribution in [1.29, 1.82) is 0 Å². The Balaban J connectivity index is 1.88. The van der Waals surface area contributed by atoms with Crippen LogP contribution in [0.2, 0.25) is 10.0 Å². The van der Waals surface area contributed by atoms with Crippen LogP contribution in [-0.2, 0) is 6.18 Å². The maximum absolute atomic E-state index is 12.9. The molecule has 0 bridgehead atoms. The van der Waals surface area contributed by atoms with Crippen LogP contribution in [0.15, 0.2) is 36.5 Å². The summed E-state index contributed by atoms with van der Waals surface area (Å²) in [4.78, 5) is 41.9. The predicted octanol–water partition coefficient (Wildman–Crippen LogP) is 4.83. The van der Waals surface area contributed by atoms with Gasteiger partial charge >= 0.3 is 12.2 Å². The van der Waals surface area contributed by atoms with Crippen LogP contribution in [-0.4, -0.2) is 26.8 Å². The number of nitro groups is 1. The van der Waals surface area contributed by atoms with Gasteiger partial charge in [0.25, 0.3) is 11.6 Å². The molecule has 1 aromatic heterocycles. The summed E-state index contributed by atoms with van der Waals surface area (Å²) in [5.74, 6) is -1.30. The molecule has 2 N–H and O–H groups in total. The molecular weight excluding hydrogens is 466 g/mol. The maximum Gasteiger partial charge on any atom is 0.416 e. The standard InChI is InChI=1S/C17H8Cl2F3N5O4/c18-8-2-1-3-9(19)13(8)15(28)26-16(29)25-12-6-23-10-4-7(17(20,21)22)5-11(27(30)31)14(10)24-12/h1-6H,(H2,24,25,26,28,29). The predicted molar refractivity (Wildman–Crippen MR) is 104 cm³/mol. The summed E-state index contributed by atoms with van der Waals surface area (Å²) in [5.41, 5.74) is -3.30. The molecule has 0 unspecified atom stereocenters. The maximum atomic E-state index is 12.9. The zero-order valence-corrected chi connectivity index (χ0v) is 16.3. The highest BCUT2D eigenvalue weighted by atomic mass is 35.5. The molecule has 0 aliphatic carbocycles. The van der Waals surface area contributed by atoms with Crippen molar-refractivity contribution in [1.82, 2.24) is 15.3 Å². The summed E-state index contributed by atoms with van der Waals surface area (Å²) in [6, 6.07) is 4.03. The molecule has 14 heteroatoms. The van der Waals surface area contributed by atoms with Crippen LogP contribution >= 0.6 is 23.2 Å². The number of carbonyl (C=O) groups is 2. The summed E-state index contributed by atoms with van der Waals surface area (Å²) >= 11 is 11.8. The van der Waals surface area contributed by atoms with Gasteiger partial charge in [0.1, 0.15) is 0 Å². The summed E-state index contributed by atoms with van der Waals surface area (Å²) in [6.45, 7) is 0. The van der Waals surface area contributed by atoms with Gasteiger partial charge in [-0.2, -0.15) is 13.2 Å². The van der Waals surface area contributed by atoms with Crippen LogP contribution < -0.4 is 10.6 Å². The van der Waals surface area contributed by atoms with E-state index < -0.39 is 45.3 Å². The third-order valence-electron chi connectivity index (χ3n) is 3.81. The van der Waals surface area contributed by atoms with Crippen molar-refractivity contribution in [2.45, 2.75) is 6.18 Å². The fourth-order valence-electron chi connectivity index (χ4n) is 2.49. The number of aromatic nitrogens is 2. The molecule has 0 aliphatic heterocycles. The number of hydrogen-bond donors (Lipinski definition) is 2. The molecule has 0 spiro atoms. The normalized spacial score (nSPS) is 11.3. The number of hydrogen-bond acceptors (Lipinski definition) is 6. The van der Waals surface area contributed by atoms with E-state index in [1.807, 2.05) is 5.32 Å². The molecule has 3 rings (SSSR count). The lowest BCUT2D eigenvalue weighted by Gasteiger charge is -2.10. The first-order valence-electron chi connectivity index (χ1n) is 8.06. The number of urea groups is 1. The SMILES string of the molecule is O=C(NC(=O)c1c(Cl)cccc1Cl)Nc1cnc2cc(C(F)(F)F)cc([N+](=O)[O-])c2n1. The van der Waals surface area contributed by atoms with Gasteiger partial charge < -0.3 is 0 Å². The molecule has 3 aromatic rings. The van der Waals surface area contributed by atoms with E-state index >= 15 is 0 Å². The van der Waals surface area contributed by atoms with Gasteiger partial charge in [0.05, 0.1) is 37.8 Å². The van der Waals surface area contributed by atoms with Gasteiger partial charge in [-0.25, -0.2) is 9.78 Å². The number of benzene rings is 2. The third kappa shape index (κ3) is 4.81. The minimum absolute atomic E-state index is 0.0145. The fraction of sp³-hybridized carbons (Fsp3) is 0.0588. The summed E-state index contributed by atoms with van der Waals surface area (Å²) in [6.07, 6.45) is -3.96. The van der Waals surface area contributed by atoms with Gasteiger partial charge in [0, 0.05) is 6.07 Å². The highest BCUT2D eigenvalue weighted by Crippen LogP contribution is 2.35. The summed E-state index contributed by atoms with van der Waals surface area (Å²) < 4.78 is 38.8. The van der Waals surface area contributed by atoms with Gasteiger partial charge in [-0.05, 0) is 18.2 Å². The molecule has 0 atom stereocenters. The smallest absolute Gasteiger partial charge is 0.291 e. The Morgan fingerprint density at radius 1 is 1.13 bits per heavy atom. The van der Waals surface area contributed by atoms with Crippen LogP contribution in [0.1, 0.15) is 15.9 Å². The van der Waals surface area contributed by atoms with E-state index in [4.69, 9.17) is 23.2 Å². The number of alkyl halides is 3. The Kier molecular flexibility index (Phi) is 5.95. The van der Waals surface area contributed by atoms with Crippen LogP contribution in [0.4, 0.5) is 29.5 Å². The van der Waals surface area contributed by atoms with Gasteiger partial charge in [-0.3, -0.25) is 30.5 Å². The van der Waals surface area contributed by atoms with E-state index in [1.54, 1.807) is 0 Å². The highest BCUT2D eigenvalue weighted by Gasteiger charge is 2.34. The number of anilines is 1. The van der Waals surface area contributed by atoms with E-state index in [2.05, 4.69) is 15.3 Å². The second-order valence-electron chi connectivity index (χ2n) is 5.88. The summed E-state index contributed by atoms with van der Waals surface area (Å²) in [7, 11) is 0. The van der Waals surface area contributed by atoms with Gasteiger partial charge in [0.2, 0.25) is 0 Å². The molecule has 2 aromatic carbocycles. The number of halogens is 5. The average Bonchev–Trinajstić information content (AvgIpc) is 2.65. The number of nitrogens with zero attached hydrogens (tertiary/aromatic N) is 3. The lowest BCUT2D eigenvalue weighted by molar-refractivity contribution is -0.383. The van der Waals surface area contributed by atoms with Crippen LogP contribution in [0.25, 0.3) is 11.0 Å². The number of amides is 3. The number of nitrogens with one attached hydrogen (secondary N) is 2. The number of carbonyl (C=O) groups excluding carboxylic acids is 2. The topological polar surface area (TPSA) is 127 Å². The third-order valence-corrected chi connectivity index (χ3v) is 4.44. The lowest BCUT2D eigenvalue weighted by atomic mass is 10.1. The Morgan fingerprint density at radius 3 is 2.35 bits per heavy atom. The Bertz CT molecular complexity index is 1220. The van der Waals surface area contributed by atoms with E-state index in [0.29, 0.717) is 12.1 Å². The Hall–Kier alpha value is -3.51. The molecule has 0 fully saturated rings. The van der Waals surface area contributed by atoms with E-state index in [0.717, 1.165) is 6.20 Å². The lowest BCUT2D eigenvalue weighted by Crippen LogP contribution is -2.35. The first-order valence-corrected chi connectivity index (χ1v) is 8.81. The minimum Gasteiger partial charge on any atom is -0.291 e. The quantitative estimate of drug-likeness (QED) is 0.414. The number of rotatable bonds is 3. The van der Waals surface area contributed by atoms with Crippen molar-refractivity contribution in [3.63, 3.8) is 0 Å². The second-order valence-corrected chi connectivity index (χ2v) is 6.69. The molecule has 0 saturated heterocycles. The Labute approximate surface area is 180 Å². The Morgan fingerprint density at radius 2 is 1.77 bits per heavy atom. The van der Waals surface area contributed by atoms with E-state index in [-0.39, 0.29) is 21.4 Å². The van der Waals surface area contributed by atoms with Crippen molar-refractivity contribution in [3.05, 3.63) is 67.8 Å². The molecule has 1 heterocycles. The van der Waals surface area contributed by atoms with Gasteiger partial charge in [-0.15, -0.1) is 0 Å². The number of non-ortho nitro benzene ring substituents is 1. The van der Waals surface area contributed by atoms with Crippen molar-refractivity contribution < 1.29 is 27.7 Å². The second kappa shape index (κ2) is 8.32. The highest BCUT2D eigenvalue weighted by molar-refractivity contribution is 6.40. The number of nitro benzene ring substituents is 1. The molecule has 0 radical (unpaired) electrons. The minimum atomic E-state index is -4.84. The zero-order valence-electron chi connectivity index (χ0n) is 14.8. The van der Waals surface area contributed by atoms with Crippen LogP contribution in [0.3, 0.4) is 0 Å². The molecule has 0 aliphatic rings. The van der Waals surface area contributed by atoms with Crippen molar-refractivity contribution >= 4 is 57.7 Å². The fourth-order valence-corrected chi connectivity index (χ4v) is 3.06. The van der Waals surface area contributed by atoms with Crippen molar-refractivity contribution in [3.8, 4) is 0 Å². The largest absolute Gasteiger partial charge is 0.416 e. The van der Waals surface area contributed by atoms with E-state index in [1.165, 1.54) is 18.2 Å². The van der Waals surface area contributed by atoms with Crippen molar-refractivity contribution in [2.75, 3.05) is 5.32 Å². The van der Waals surface area contributed by atoms with Gasteiger partial charge in [0.15, 0.2) is 11.3 Å². The average molecular weight is 474 g/mol. The first kappa shape index (κ1) is 22.2. The van der Waals surface area contributed by atoms with E-state index in [9.17, 15) is 32.9 Å². The summed E-state index contributed by atoms with van der Waals surface area (Å²) in [5, 5.41) is 15.2. The van der Waals surface area contributed by atoms with Crippen LogP contribution in [0, 0.1) is 10.1 Å². The molecule has 9 nitrogen and oxygen atoms in total. The monoisotopic (exact) mass is 473 g/mol. The zero-order chi connectivity index (χ0) is 22.9. The van der Waals surface area contributed by atoms with Crippen LogP contribution in [0.5, 0.6) is 0 Å².